The van der Waals surface area contributed by atoms with Crippen LogP contribution in [0.2, 0.25) is 0 Å². The lowest BCUT2D eigenvalue weighted by atomic mass is 10.3. The van der Waals surface area contributed by atoms with Crippen LogP contribution >= 0.6 is 0 Å². The summed E-state index contributed by atoms with van der Waals surface area (Å²) in [6.07, 6.45) is 3.89. The lowest BCUT2D eigenvalue weighted by Crippen LogP contribution is -2.39. The molecule has 0 spiro atoms. The Labute approximate surface area is 115 Å². The number of rotatable bonds is 9. The maximum atomic E-state index is 11.9. The molecule has 0 saturated carbocycles. The van der Waals surface area contributed by atoms with Gasteiger partial charge in [0, 0.05) is 31.5 Å². The van der Waals surface area contributed by atoms with E-state index in [4.69, 9.17) is 0 Å². The number of nitrogens with zero attached hydrogens (tertiary/aromatic N) is 2. The molecular weight excluding hydrogens is 266 g/mol. The fraction of sp³-hybridized carbons (Fsp3) is 0.727. The molecule has 0 unspecified atom stereocenters. The third kappa shape index (κ3) is 6.15. The molecule has 19 heavy (non-hydrogen) atoms. The Kier molecular flexibility index (Phi) is 6.43. The minimum absolute atomic E-state index is 0.219. The fourth-order valence-corrected chi connectivity index (χ4v) is 2.40. The highest BCUT2D eigenvalue weighted by Gasteiger charge is 2.16. The first-order chi connectivity index (χ1) is 8.92. The largest absolute Gasteiger partial charge is 0.347 e. The van der Waals surface area contributed by atoms with Crippen LogP contribution in [0.25, 0.3) is 0 Å². The van der Waals surface area contributed by atoms with E-state index >= 15 is 0 Å². The average Bonchev–Trinajstić information content (AvgIpc) is 2.84. The Bertz CT molecular complexity index is 444. The van der Waals surface area contributed by atoms with Crippen LogP contribution in [0.3, 0.4) is 0 Å². The van der Waals surface area contributed by atoms with Crippen LogP contribution in [0.15, 0.2) is 12.5 Å². The van der Waals surface area contributed by atoms with Crippen LogP contribution < -0.4 is 10.0 Å². The maximum Gasteiger partial charge on any atom is 0.279 e. The zero-order chi connectivity index (χ0) is 14.3. The van der Waals surface area contributed by atoms with Gasteiger partial charge in [0.15, 0.2) is 0 Å². The normalized spacial score (nSPS) is 12.5. The van der Waals surface area contributed by atoms with Gasteiger partial charge < -0.3 is 10.3 Å². The van der Waals surface area contributed by atoms with Crippen molar-refractivity contribution in [1.29, 1.82) is 0 Å². The zero-order valence-electron chi connectivity index (χ0n) is 11.7. The number of nitrogens with one attached hydrogen (secondary N) is 3. The number of imidazole rings is 1. The van der Waals surface area contributed by atoms with Gasteiger partial charge in [0.05, 0.1) is 12.9 Å². The molecule has 7 nitrogen and oxygen atoms in total. The molecule has 110 valence electrons. The molecule has 0 aliphatic heterocycles. The van der Waals surface area contributed by atoms with Crippen LogP contribution in [-0.4, -0.2) is 48.9 Å². The molecule has 1 aromatic heterocycles. The Balaban J connectivity index is 2.30. The number of aromatic nitrogens is 2. The third-order valence-corrected chi connectivity index (χ3v) is 4.12. The van der Waals surface area contributed by atoms with Gasteiger partial charge in [-0.05, 0) is 13.0 Å². The van der Waals surface area contributed by atoms with Gasteiger partial charge in [-0.1, -0.05) is 13.8 Å². The predicted octanol–water partition coefficient (Wildman–Crippen LogP) is 0.0640. The van der Waals surface area contributed by atoms with Gasteiger partial charge in [0.1, 0.15) is 0 Å². The molecule has 0 atom stereocenters. The van der Waals surface area contributed by atoms with Crippen molar-refractivity contribution >= 4 is 10.2 Å². The van der Waals surface area contributed by atoms with Crippen LogP contribution in [0.5, 0.6) is 0 Å². The average molecular weight is 289 g/mol. The summed E-state index contributed by atoms with van der Waals surface area (Å²) >= 11 is 0. The summed E-state index contributed by atoms with van der Waals surface area (Å²) in [5.41, 5.74) is 0.735. The number of hydrogen-bond acceptors (Lipinski definition) is 4. The summed E-state index contributed by atoms with van der Waals surface area (Å²) in [5.74, 6) is 0. The van der Waals surface area contributed by atoms with Crippen LogP contribution in [0, 0.1) is 0 Å². The molecule has 0 aliphatic rings. The third-order valence-electron chi connectivity index (χ3n) is 2.61. The second kappa shape index (κ2) is 7.59. The minimum Gasteiger partial charge on any atom is -0.347 e. The first kappa shape index (κ1) is 16.1. The zero-order valence-corrected chi connectivity index (χ0v) is 12.5. The number of H-pyrrole nitrogens is 1. The van der Waals surface area contributed by atoms with Crippen molar-refractivity contribution in [2.24, 2.45) is 0 Å². The van der Waals surface area contributed by atoms with E-state index in [0.29, 0.717) is 12.6 Å². The first-order valence-corrected chi connectivity index (χ1v) is 7.77. The quantitative estimate of drug-likeness (QED) is 0.561. The minimum atomic E-state index is -3.43. The van der Waals surface area contributed by atoms with Gasteiger partial charge in [0.25, 0.3) is 10.2 Å². The summed E-state index contributed by atoms with van der Waals surface area (Å²) < 4.78 is 27.7. The van der Waals surface area contributed by atoms with Crippen molar-refractivity contribution in [2.75, 3.05) is 20.1 Å². The molecule has 8 heteroatoms. The molecule has 0 aliphatic carbocycles. The van der Waals surface area contributed by atoms with Crippen LogP contribution in [0.1, 0.15) is 26.0 Å². The molecule has 0 saturated heterocycles. The lowest BCUT2D eigenvalue weighted by molar-refractivity contribution is 0.438. The summed E-state index contributed by atoms with van der Waals surface area (Å²) in [6, 6.07) is 0.417. The summed E-state index contributed by atoms with van der Waals surface area (Å²) in [5, 5.41) is 3.25. The second-order valence-corrected chi connectivity index (χ2v) is 6.55. The second-order valence-electron chi connectivity index (χ2n) is 4.69. The number of aromatic amines is 1. The van der Waals surface area contributed by atoms with Crippen molar-refractivity contribution < 1.29 is 8.42 Å². The molecule has 1 aromatic rings. The van der Waals surface area contributed by atoms with Crippen LogP contribution in [-0.2, 0) is 16.8 Å². The first-order valence-electron chi connectivity index (χ1n) is 6.33. The van der Waals surface area contributed by atoms with Gasteiger partial charge in [-0.15, -0.1) is 0 Å². The van der Waals surface area contributed by atoms with E-state index < -0.39 is 10.2 Å². The predicted molar refractivity (Wildman–Crippen MR) is 74.7 cm³/mol. The monoisotopic (exact) mass is 289 g/mol. The Morgan fingerprint density at radius 3 is 2.79 bits per heavy atom. The van der Waals surface area contributed by atoms with Crippen molar-refractivity contribution in [3.63, 3.8) is 0 Å². The van der Waals surface area contributed by atoms with E-state index in [0.717, 1.165) is 18.7 Å². The molecule has 0 amide bonds. The molecule has 1 rings (SSSR count). The molecule has 1 heterocycles. The van der Waals surface area contributed by atoms with E-state index in [1.54, 1.807) is 13.2 Å². The standard InChI is InChI=1S/C11H23N5O2S/c1-10(2)13-5-4-6-16(3)19(17,18)15-8-11-7-12-9-14-11/h7,9-10,13,15H,4-6,8H2,1-3H3,(H,12,14). The number of hydrogen-bond donors (Lipinski definition) is 3. The molecule has 3 N–H and O–H groups in total. The molecule has 0 fully saturated rings. The smallest absolute Gasteiger partial charge is 0.279 e. The molecular formula is C11H23N5O2S. The highest BCUT2D eigenvalue weighted by atomic mass is 32.2. The van der Waals surface area contributed by atoms with Crippen molar-refractivity contribution in [1.82, 2.24) is 24.3 Å². The van der Waals surface area contributed by atoms with E-state index in [2.05, 4.69) is 33.9 Å². The van der Waals surface area contributed by atoms with E-state index in [1.807, 2.05) is 0 Å². The van der Waals surface area contributed by atoms with E-state index in [9.17, 15) is 8.42 Å². The Morgan fingerprint density at radius 2 is 2.21 bits per heavy atom. The van der Waals surface area contributed by atoms with Crippen molar-refractivity contribution in [2.45, 2.75) is 32.9 Å². The van der Waals surface area contributed by atoms with Gasteiger partial charge in [0.2, 0.25) is 0 Å². The molecule has 0 bridgehead atoms. The molecule has 0 aromatic carbocycles. The highest BCUT2D eigenvalue weighted by Crippen LogP contribution is 1.98. The maximum absolute atomic E-state index is 11.9. The Morgan fingerprint density at radius 1 is 1.47 bits per heavy atom. The van der Waals surface area contributed by atoms with Gasteiger partial charge in [-0.3, -0.25) is 0 Å². The SMILES string of the molecule is CC(C)NCCCN(C)S(=O)(=O)NCc1cnc[nH]1. The fourth-order valence-electron chi connectivity index (χ4n) is 1.47. The van der Waals surface area contributed by atoms with Crippen molar-refractivity contribution in [3.8, 4) is 0 Å². The summed E-state index contributed by atoms with van der Waals surface area (Å²) in [7, 11) is -1.86. The van der Waals surface area contributed by atoms with E-state index in [-0.39, 0.29) is 6.54 Å². The van der Waals surface area contributed by atoms with Crippen molar-refractivity contribution in [3.05, 3.63) is 18.2 Å². The Hall–Kier alpha value is -0.960. The topological polar surface area (TPSA) is 90.1 Å². The van der Waals surface area contributed by atoms with Gasteiger partial charge in [-0.2, -0.15) is 17.4 Å². The van der Waals surface area contributed by atoms with Gasteiger partial charge >= 0.3 is 0 Å². The van der Waals surface area contributed by atoms with Gasteiger partial charge in [-0.25, -0.2) is 4.98 Å². The summed E-state index contributed by atoms with van der Waals surface area (Å²) in [4.78, 5) is 6.68. The highest BCUT2D eigenvalue weighted by molar-refractivity contribution is 7.87. The summed E-state index contributed by atoms with van der Waals surface area (Å²) in [6.45, 7) is 5.63. The van der Waals surface area contributed by atoms with E-state index in [1.165, 1.54) is 10.6 Å². The van der Waals surface area contributed by atoms with Crippen LogP contribution in [0.4, 0.5) is 0 Å². The molecule has 0 radical (unpaired) electrons. The lowest BCUT2D eigenvalue weighted by Gasteiger charge is -2.18.